The second-order valence-corrected chi connectivity index (χ2v) is 6.84. The van der Waals surface area contributed by atoms with Gasteiger partial charge in [0.05, 0.1) is 5.75 Å². The van der Waals surface area contributed by atoms with E-state index in [0.29, 0.717) is 11.6 Å². The van der Waals surface area contributed by atoms with Crippen LogP contribution in [-0.4, -0.2) is 28.5 Å². The van der Waals surface area contributed by atoms with Gasteiger partial charge in [-0.05, 0) is 61.4 Å². The number of hydrogen-bond acceptors (Lipinski definition) is 6. The molecule has 1 amide bonds. The molecule has 28 heavy (non-hydrogen) atoms. The molecule has 2 aromatic carbocycles. The number of hydrogen-bond donors (Lipinski definition) is 1. The van der Waals surface area contributed by atoms with Crippen LogP contribution in [0.5, 0.6) is 5.75 Å². The number of alkyl halides is 2. The molecule has 1 aromatic heterocycles. The smallest absolute Gasteiger partial charge is 0.387 e. The molecule has 0 bridgehead atoms. The van der Waals surface area contributed by atoms with Gasteiger partial charge in [-0.2, -0.15) is 8.78 Å². The fourth-order valence-corrected chi connectivity index (χ4v) is 2.87. The zero-order valence-electron chi connectivity index (χ0n) is 15.1. The summed E-state index contributed by atoms with van der Waals surface area (Å²) < 4.78 is 34.1. The fraction of sp³-hybridized carbons (Fsp3) is 0.211. The van der Waals surface area contributed by atoms with Gasteiger partial charge in [0.15, 0.2) is 0 Å². The highest BCUT2D eigenvalue weighted by molar-refractivity contribution is 7.99. The lowest BCUT2D eigenvalue weighted by molar-refractivity contribution is -0.113. The number of carbonyl (C=O) groups excluding carboxylic acids is 1. The molecule has 9 heteroatoms. The second kappa shape index (κ2) is 8.83. The number of thioether (sulfide) groups is 1. The van der Waals surface area contributed by atoms with Crippen LogP contribution in [-0.2, 0) is 4.79 Å². The number of halogens is 2. The highest BCUT2D eigenvalue weighted by atomic mass is 32.2. The maximum atomic E-state index is 12.1. The van der Waals surface area contributed by atoms with Crippen molar-refractivity contribution in [2.75, 3.05) is 11.1 Å². The highest BCUT2D eigenvalue weighted by Crippen LogP contribution is 2.25. The molecular weight excluding hydrogens is 388 g/mol. The first-order valence-electron chi connectivity index (χ1n) is 8.29. The minimum Gasteiger partial charge on any atom is -0.435 e. The fourth-order valence-electron chi connectivity index (χ4n) is 2.30. The Hall–Kier alpha value is -2.94. The van der Waals surface area contributed by atoms with Gasteiger partial charge in [-0.3, -0.25) is 4.79 Å². The average Bonchev–Trinajstić information content (AvgIpc) is 3.12. The van der Waals surface area contributed by atoms with E-state index in [1.807, 2.05) is 32.0 Å². The Kier molecular flexibility index (Phi) is 6.25. The first-order valence-corrected chi connectivity index (χ1v) is 9.28. The summed E-state index contributed by atoms with van der Waals surface area (Å²) in [6.45, 7) is 1.13. The molecular formula is C19H17F2N3O3S. The molecule has 0 aliphatic rings. The van der Waals surface area contributed by atoms with E-state index in [2.05, 4.69) is 20.3 Å². The molecule has 6 nitrogen and oxygen atoms in total. The van der Waals surface area contributed by atoms with Crippen LogP contribution in [0.25, 0.3) is 11.5 Å². The standard InChI is InChI=1S/C19H17F2N3O3S/c1-11-3-4-13(9-12(11)2)17-23-24-19(27-17)28-10-16(25)22-14-5-7-15(8-6-14)26-18(20)21/h3-9,18H,10H2,1-2H3,(H,22,25). The first kappa shape index (κ1) is 19.8. The van der Waals surface area contributed by atoms with Gasteiger partial charge >= 0.3 is 6.61 Å². The lowest BCUT2D eigenvalue weighted by atomic mass is 10.1. The van der Waals surface area contributed by atoms with Crippen molar-refractivity contribution in [1.82, 2.24) is 10.2 Å². The minimum atomic E-state index is -2.89. The van der Waals surface area contributed by atoms with Gasteiger partial charge < -0.3 is 14.5 Å². The van der Waals surface area contributed by atoms with Gasteiger partial charge in [-0.1, -0.05) is 17.8 Å². The Morgan fingerprint density at radius 2 is 1.89 bits per heavy atom. The number of aryl methyl sites for hydroxylation is 2. The molecule has 0 saturated carbocycles. The van der Waals surface area contributed by atoms with Crippen molar-refractivity contribution in [3.63, 3.8) is 0 Å². The third-order valence-corrected chi connectivity index (χ3v) is 4.67. The van der Waals surface area contributed by atoms with Crippen LogP contribution in [0.15, 0.2) is 52.1 Å². The molecule has 1 N–H and O–H groups in total. The van der Waals surface area contributed by atoms with E-state index in [4.69, 9.17) is 4.42 Å². The molecule has 146 valence electrons. The lowest BCUT2D eigenvalue weighted by Gasteiger charge is -2.07. The third kappa shape index (κ3) is 5.29. The van der Waals surface area contributed by atoms with E-state index in [0.717, 1.165) is 22.9 Å². The predicted octanol–water partition coefficient (Wildman–Crippen LogP) is 4.69. The van der Waals surface area contributed by atoms with Crippen LogP contribution in [0.2, 0.25) is 0 Å². The molecule has 0 aliphatic heterocycles. The number of nitrogens with zero attached hydrogens (tertiary/aromatic N) is 2. The number of anilines is 1. The maximum Gasteiger partial charge on any atom is 0.387 e. The molecule has 3 rings (SSSR count). The predicted molar refractivity (Wildman–Crippen MR) is 102 cm³/mol. The summed E-state index contributed by atoms with van der Waals surface area (Å²) in [5, 5.41) is 10.9. The Bertz CT molecular complexity index is 961. The van der Waals surface area contributed by atoms with Crippen LogP contribution >= 0.6 is 11.8 Å². The van der Waals surface area contributed by atoms with Crippen LogP contribution in [0.4, 0.5) is 14.5 Å². The van der Waals surface area contributed by atoms with E-state index in [9.17, 15) is 13.6 Å². The van der Waals surface area contributed by atoms with E-state index < -0.39 is 6.61 Å². The Labute approximate surface area is 164 Å². The Balaban J connectivity index is 1.53. The summed E-state index contributed by atoms with van der Waals surface area (Å²) in [5.74, 6) is 0.176. The molecule has 1 heterocycles. The molecule has 0 radical (unpaired) electrons. The third-order valence-electron chi connectivity index (χ3n) is 3.85. The molecule has 0 unspecified atom stereocenters. The largest absolute Gasteiger partial charge is 0.435 e. The number of aromatic nitrogens is 2. The van der Waals surface area contributed by atoms with Crippen molar-refractivity contribution in [2.24, 2.45) is 0 Å². The number of rotatable bonds is 7. The molecule has 0 aliphatic carbocycles. The van der Waals surface area contributed by atoms with E-state index >= 15 is 0 Å². The number of carbonyl (C=O) groups is 1. The van der Waals surface area contributed by atoms with Crippen molar-refractivity contribution in [3.05, 3.63) is 53.6 Å². The van der Waals surface area contributed by atoms with Crippen molar-refractivity contribution in [2.45, 2.75) is 25.7 Å². The van der Waals surface area contributed by atoms with Gasteiger partial charge in [0.1, 0.15) is 5.75 Å². The zero-order chi connectivity index (χ0) is 20.1. The van der Waals surface area contributed by atoms with Gasteiger partial charge in [0.2, 0.25) is 11.8 Å². The molecule has 0 saturated heterocycles. The van der Waals surface area contributed by atoms with Crippen molar-refractivity contribution < 1.29 is 22.7 Å². The summed E-state index contributed by atoms with van der Waals surface area (Å²) in [4.78, 5) is 12.0. The van der Waals surface area contributed by atoms with E-state index in [-0.39, 0.29) is 22.6 Å². The molecule has 0 atom stereocenters. The lowest BCUT2D eigenvalue weighted by Crippen LogP contribution is -2.14. The van der Waals surface area contributed by atoms with Gasteiger partial charge in [0.25, 0.3) is 5.22 Å². The molecule has 0 fully saturated rings. The van der Waals surface area contributed by atoms with Gasteiger partial charge in [-0.15, -0.1) is 10.2 Å². The van der Waals surface area contributed by atoms with Crippen LogP contribution < -0.4 is 10.1 Å². The molecule has 3 aromatic rings. The topological polar surface area (TPSA) is 77.2 Å². The normalized spacial score (nSPS) is 10.9. The maximum absolute atomic E-state index is 12.1. The monoisotopic (exact) mass is 405 g/mol. The minimum absolute atomic E-state index is 0.0205. The van der Waals surface area contributed by atoms with Crippen molar-refractivity contribution in [3.8, 4) is 17.2 Å². The van der Waals surface area contributed by atoms with Gasteiger partial charge in [0, 0.05) is 11.3 Å². The van der Waals surface area contributed by atoms with Crippen molar-refractivity contribution >= 4 is 23.4 Å². The number of amides is 1. The number of ether oxygens (including phenoxy) is 1. The zero-order valence-corrected chi connectivity index (χ0v) is 15.9. The first-order chi connectivity index (χ1) is 13.4. The van der Waals surface area contributed by atoms with Crippen LogP contribution in [0.3, 0.4) is 0 Å². The summed E-state index contributed by atoms with van der Waals surface area (Å²) in [6, 6.07) is 11.5. The van der Waals surface area contributed by atoms with Crippen LogP contribution in [0.1, 0.15) is 11.1 Å². The summed E-state index contributed by atoms with van der Waals surface area (Å²) in [7, 11) is 0. The quantitative estimate of drug-likeness (QED) is 0.575. The SMILES string of the molecule is Cc1ccc(-c2nnc(SCC(=O)Nc3ccc(OC(F)F)cc3)o2)cc1C. The number of nitrogens with one attached hydrogen (secondary N) is 1. The summed E-state index contributed by atoms with van der Waals surface area (Å²) >= 11 is 1.11. The Morgan fingerprint density at radius 1 is 1.14 bits per heavy atom. The van der Waals surface area contributed by atoms with Crippen LogP contribution in [0, 0.1) is 13.8 Å². The van der Waals surface area contributed by atoms with E-state index in [1.165, 1.54) is 29.8 Å². The Morgan fingerprint density at radius 3 is 2.57 bits per heavy atom. The van der Waals surface area contributed by atoms with Crippen molar-refractivity contribution in [1.29, 1.82) is 0 Å². The number of benzene rings is 2. The second-order valence-electron chi connectivity index (χ2n) is 5.91. The molecule has 0 spiro atoms. The highest BCUT2D eigenvalue weighted by Gasteiger charge is 2.12. The van der Waals surface area contributed by atoms with Gasteiger partial charge in [-0.25, -0.2) is 0 Å². The average molecular weight is 405 g/mol. The summed E-state index contributed by atoms with van der Waals surface area (Å²) in [5.41, 5.74) is 3.57. The summed E-state index contributed by atoms with van der Waals surface area (Å²) in [6.07, 6.45) is 0. The van der Waals surface area contributed by atoms with E-state index in [1.54, 1.807) is 0 Å².